The summed E-state index contributed by atoms with van der Waals surface area (Å²) in [7, 11) is -5.09. The number of rotatable bonds is 35. The van der Waals surface area contributed by atoms with Crippen LogP contribution in [0.25, 0.3) is 0 Å². The van der Waals surface area contributed by atoms with Crippen molar-refractivity contribution in [2.45, 2.75) is 122 Å². The van der Waals surface area contributed by atoms with Crippen molar-refractivity contribution in [2.24, 2.45) is 29.2 Å². The van der Waals surface area contributed by atoms with Crippen LogP contribution >= 0.6 is 20.5 Å². The third-order valence-corrected chi connectivity index (χ3v) is 12.8. The summed E-state index contributed by atoms with van der Waals surface area (Å²) >= 11 is 3.99. The number of phosphoric acid groups is 1. The van der Waals surface area contributed by atoms with Gasteiger partial charge in [0, 0.05) is 56.5 Å². The van der Waals surface area contributed by atoms with Crippen LogP contribution in [-0.2, 0) is 71.5 Å². The Hall–Kier alpha value is -4.58. The number of primary amides is 1. The third kappa shape index (κ3) is 21.4. The second-order valence-electron chi connectivity index (χ2n) is 17.8. The number of phosphoric ester groups is 1. The highest BCUT2D eigenvalue weighted by Crippen LogP contribution is 2.39. The molecule has 0 saturated carbocycles. The summed E-state index contributed by atoms with van der Waals surface area (Å²) in [5.41, 5.74) is 12.9. The van der Waals surface area contributed by atoms with E-state index in [1.807, 2.05) is 48.7 Å². The van der Waals surface area contributed by atoms with Crippen molar-refractivity contribution >= 4 is 61.6 Å². The molecule has 2 heterocycles. The molecule has 7 atom stereocenters. The maximum atomic E-state index is 14.4. The Bertz CT molecular complexity index is 2040. The first-order valence-corrected chi connectivity index (χ1v) is 25.8. The number of thiol groups is 1. The minimum Gasteiger partial charge on any atom is -0.394 e. The molecule has 1 aromatic carbocycles. The number of ether oxygens (including phenoxy) is 2. The topological polar surface area (TPSA) is 334 Å². The molecule has 0 radical (unpaired) electrons. The van der Waals surface area contributed by atoms with E-state index in [1.54, 1.807) is 12.5 Å². The maximum absolute atomic E-state index is 14.4. The Balaban J connectivity index is 1.72. The lowest BCUT2D eigenvalue weighted by Crippen LogP contribution is -2.52. The standard InChI is InChI=1S/C46H73N8O14PS/c1-30(2)22-37(51-46(62)39-13-9-17-54(39)42(58)14-18-66-20-21-67-19-15-50-45(61)36(47)28-70)40(56)24-33(23-34-26-49-29-53(34)16-8-7-12-32-10-5-4-6-11-32)44(60)52-38(27-55)41(57)25-35(43(48)59)31(3)68-69(63,64)65/h4-6,10-11,26,29-31,33,35-39,55,70H,7-9,12-25,27-28,47H2,1-3H3,(H2,48,59)(H,50,61)(H,51,62)(H,52,60)(H2,63,64,65)/t31-,33-,35+,36+,37+,38+,39+/m1/s1. The van der Waals surface area contributed by atoms with E-state index in [9.17, 15) is 53.0 Å². The van der Waals surface area contributed by atoms with Crippen molar-refractivity contribution in [1.82, 2.24) is 30.4 Å². The number of aliphatic hydroxyl groups excluding tert-OH is 1. The molecule has 0 aliphatic carbocycles. The number of amides is 5. The van der Waals surface area contributed by atoms with E-state index in [0.29, 0.717) is 31.6 Å². The number of Topliss-reactive ketones (excluding diaryl/α,β-unsaturated/α-hetero) is 2. The van der Waals surface area contributed by atoms with Gasteiger partial charge in [0.1, 0.15) is 12.1 Å². The number of imidazole rings is 1. The lowest BCUT2D eigenvalue weighted by atomic mass is 9.89. The monoisotopic (exact) mass is 1020 g/mol. The minimum absolute atomic E-state index is 0.00304. The fourth-order valence-electron chi connectivity index (χ4n) is 7.97. The molecule has 1 aliphatic heterocycles. The van der Waals surface area contributed by atoms with Crippen molar-refractivity contribution in [3.8, 4) is 0 Å². The average Bonchev–Trinajstić information content (AvgIpc) is 3.99. The van der Waals surface area contributed by atoms with Gasteiger partial charge in [0.15, 0.2) is 11.6 Å². The first kappa shape index (κ1) is 59.7. The minimum atomic E-state index is -5.09. The van der Waals surface area contributed by atoms with E-state index in [4.69, 9.17) is 20.9 Å². The molecular formula is C46H73N8O14PS. The van der Waals surface area contributed by atoms with E-state index in [0.717, 1.165) is 26.2 Å². The normalized spacial score (nSPS) is 16.5. The van der Waals surface area contributed by atoms with E-state index >= 15 is 0 Å². The van der Waals surface area contributed by atoms with Gasteiger partial charge >= 0.3 is 7.82 Å². The van der Waals surface area contributed by atoms with Crippen LogP contribution in [-0.4, -0.2) is 153 Å². The highest BCUT2D eigenvalue weighted by molar-refractivity contribution is 7.80. The molecule has 1 aromatic heterocycles. The van der Waals surface area contributed by atoms with Gasteiger partial charge in [0.05, 0.1) is 75.8 Å². The number of ketones is 2. The van der Waals surface area contributed by atoms with Crippen LogP contribution in [0.5, 0.6) is 0 Å². The zero-order valence-corrected chi connectivity index (χ0v) is 42.1. The molecule has 22 nitrogen and oxygen atoms in total. The van der Waals surface area contributed by atoms with Crippen molar-refractivity contribution < 1.29 is 67.0 Å². The summed E-state index contributed by atoms with van der Waals surface area (Å²) in [6.07, 6.45) is 4.07. The molecule has 392 valence electrons. The van der Waals surface area contributed by atoms with Gasteiger partial charge in [0.25, 0.3) is 0 Å². The highest BCUT2D eigenvalue weighted by Gasteiger charge is 2.38. The van der Waals surface area contributed by atoms with Gasteiger partial charge in [0.2, 0.25) is 29.5 Å². The Kier molecular flexibility index (Phi) is 26.5. The molecule has 70 heavy (non-hydrogen) atoms. The number of unbranched alkanes of at least 4 members (excludes halogenated alkanes) is 1. The quantitative estimate of drug-likeness (QED) is 0.0256. The maximum Gasteiger partial charge on any atom is 0.469 e. The van der Waals surface area contributed by atoms with Gasteiger partial charge in [-0.3, -0.25) is 38.1 Å². The molecule has 1 saturated heterocycles. The number of aryl methyl sites for hydroxylation is 2. The summed E-state index contributed by atoms with van der Waals surface area (Å²) in [4.78, 5) is 118. The largest absolute Gasteiger partial charge is 0.469 e. The van der Waals surface area contributed by atoms with Crippen LogP contribution in [0.15, 0.2) is 42.9 Å². The van der Waals surface area contributed by atoms with Crippen molar-refractivity contribution in [2.75, 3.05) is 51.9 Å². The van der Waals surface area contributed by atoms with Gasteiger partial charge in [-0.05, 0) is 56.9 Å². The predicted molar refractivity (Wildman–Crippen MR) is 260 cm³/mol. The van der Waals surface area contributed by atoms with Crippen LogP contribution in [0.4, 0.5) is 0 Å². The van der Waals surface area contributed by atoms with Crippen LogP contribution in [0.1, 0.15) is 83.4 Å². The molecule has 5 amide bonds. The summed E-state index contributed by atoms with van der Waals surface area (Å²) in [5, 5.41) is 18.3. The third-order valence-electron chi connectivity index (χ3n) is 11.8. The number of aromatic nitrogens is 2. The molecule has 0 unspecified atom stereocenters. The summed E-state index contributed by atoms with van der Waals surface area (Å²) in [5.74, 6) is -7.03. The van der Waals surface area contributed by atoms with Crippen LogP contribution in [0, 0.1) is 17.8 Å². The van der Waals surface area contributed by atoms with Crippen LogP contribution in [0.3, 0.4) is 0 Å². The van der Waals surface area contributed by atoms with Crippen LogP contribution in [0.2, 0.25) is 0 Å². The zero-order valence-electron chi connectivity index (χ0n) is 40.3. The molecule has 1 aliphatic rings. The Morgan fingerprint density at radius 3 is 2.26 bits per heavy atom. The van der Waals surface area contributed by atoms with Gasteiger partial charge in [-0.2, -0.15) is 12.6 Å². The van der Waals surface area contributed by atoms with E-state index in [1.165, 1.54) is 10.5 Å². The molecular weight excluding hydrogens is 952 g/mol. The lowest BCUT2D eigenvalue weighted by Gasteiger charge is -2.28. The first-order valence-electron chi connectivity index (χ1n) is 23.7. The number of benzene rings is 1. The van der Waals surface area contributed by atoms with Crippen molar-refractivity contribution in [3.05, 3.63) is 54.1 Å². The number of aliphatic hydroxyl groups is 1. The smallest absolute Gasteiger partial charge is 0.394 e. The number of likely N-dealkylation sites (tertiary alicyclic amines) is 1. The Labute approximate surface area is 414 Å². The molecule has 3 rings (SSSR count). The number of hydrogen-bond acceptors (Lipinski definition) is 15. The van der Waals surface area contributed by atoms with Crippen molar-refractivity contribution in [1.29, 1.82) is 0 Å². The number of carbonyl (C=O) groups excluding carboxylic acids is 7. The number of hydrogen-bond donors (Lipinski definition) is 9. The van der Waals surface area contributed by atoms with Gasteiger partial charge in [-0.25, -0.2) is 9.55 Å². The molecule has 2 aromatic rings. The number of nitrogens with zero attached hydrogens (tertiary/aromatic N) is 3. The van der Waals surface area contributed by atoms with E-state index < -0.39 is 98.7 Å². The fraction of sp³-hybridized carbons (Fsp3) is 0.652. The summed E-state index contributed by atoms with van der Waals surface area (Å²) < 4.78 is 28.9. The lowest BCUT2D eigenvalue weighted by molar-refractivity contribution is -0.140. The van der Waals surface area contributed by atoms with Gasteiger partial charge < -0.3 is 61.3 Å². The summed E-state index contributed by atoms with van der Waals surface area (Å²) in [6.45, 7) is 5.81. The SMILES string of the molecule is CC(C)C[C@H](NC(=O)[C@@H]1CCCN1C(=O)CCOCCOCCNC(=O)[C@@H](N)CS)C(=O)C[C@@H](Cc1cncn1CCCCc1ccccc1)C(=O)N[C@@H](CO)C(=O)C[C@H](C(N)=O)[C@@H](C)OP(=O)(O)O. The number of nitrogens with one attached hydrogen (secondary N) is 3. The second kappa shape index (κ2) is 31.0. The number of carbonyl (C=O) groups is 7. The van der Waals surface area contributed by atoms with E-state index in [-0.39, 0.29) is 75.7 Å². The van der Waals surface area contributed by atoms with Crippen LogP contribution < -0.4 is 27.4 Å². The Morgan fingerprint density at radius 2 is 1.61 bits per heavy atom. The fourth-order valence-corrected chi connectivity index (χ4v) is 8.71. The Morgan fingerprint density at radius 1 is 0.929 bits per heavy atom. The molecule has 0 spiro atoms. The molecule has 0 bridgehead atoms. The average molecular weight is 1030 g/mol. The first-order chi connectivity index (χ1) is 33.2. The van der Waals surface area contributed by atoms with Gasteiger partial charge in [-0.15, -0.1) is 0 Å². The number of nitrogens with two attached hydrogens (primary N) is 2. The molecule has 1 fully saturated rings. The van der Waals surface area contributed by atoms with Gasteiger partial charge in [-0.1, -0.05) is 44.2 Å². The zero-order chi connectivity index (χ0) is 51.8. The van der Waals surface area contributed by atoms with Crippen molar-refractivity contribution in [3.63, 3.8) is 0 Å². The highest BCUT2D eigenvalue weighted by atomic mass is 32.1. The molecule has 24 heteroatoms. The molecule has 10 N–H and O–H groups in total. The predicted octanol–water partition coefficient (Wildman–Crippen LogP) is 0.378. The summed E-state index contributed by atoms with van der Waals surface area (Å²) in [6, 6.07) is 5.75. The van der Waals surface area contributed by atoms with E-state index in [2.05, 4.69) is 38.1 Å². The second-order valence-corrected chi connectivity index (χ2v) is 19.4.